The maximum Gasteiger partial charge on any atom is 0.407 e. The smallest absolute Gasteiger partial charge is 0.407 e. The number of aliphatic carboxylic acids is 1. The standard InChI is InChI=1S/C9H17NO4/c1-2-14-9(13)10-7-5-3-4-6-8(11)12/h2-7H2,1H3,(H,10,13)(H,11,12). The molecule has 0 saturated heterocycles. The average Bonchev–Trinajstić information content (AvgIpc) is 2.11. The molecule has 82 valence electrons. The highest BCUT2D eigenvalue weighted by atomic mass is 16.5. The van der Waals surface area contributed by atoms with Gasteiger partial charge in [0.1, 0.15) is 0 Å². The predicted octanol–water partition coefficient (Wildman–Crippen LogP) is 1.38. The van der Waals surface area contributed by atoms with Crippen LogP contribution in [-0.2, 0) is 9.53 Å². The first kappa shape index (κ1) is 12.7. The Balaban J connectivity index is 3.13. The van der Waals surface area contributed by atoms with Gasteiger partial charge >= 0.3 is 12.1 Å². The van der Waals surface area contributed by atoms with Gasteiger partial charge in [0.25, 0.3) is 0 Å². The molecule has 0 aliphatic heterocycles. The van der Waals surface area contributed by atoms with Gasteiger partial charge in [0.05, 0.1) is 6.61 Å². The SMILES string of the molecule is CCOC(=O)NCCCCCC(=O)O. The Morgan fingerprint density at radius 3 is 2.57 bits per heavy atom. The fourth-order valence-electron chi connectivity index (χ4n) is 0.951. The Bertz CT molecular complexity index is 182. The first-order valence-corrected chi connectivity index (χ1v) is 4.79. The van der Waals surface area contributed by atoms with Crippen molar-refractivity contribution < 1.29 is 19.4 Å². The summed E-state index contributed by atoms with van der Waals surface area (Å²) in [7, 11) is 0. The molecule has 0 unspecified atom stereocenters. The quantitative estimate of drug-likeness (QED) is 0.613. The van der Waals surface area contributed by atoms with E-state index >= 15 is 0 Å². The molecule has 0 spiro atoms. The maximum atomic E-state index is 10.8. The average molecular weight is 203 g/mol. The highest BCUT2D eigenvalue weighted by molar-refractivity contribution is 5.67. The van der Waals surface area contributed by atoms with E-state index in [9.17, 15) is 9.59 Å². The Morgan fingerprint density at radius 1 is 1.29 bits per heavy atom. The van der Waals surface area contributed by atoms with Crippen molar-refractivity contribution in [1.82, 2.24) is 5.32 Å². The molecule has 0 aliphatic rings. The molecular weight excluding hydrogens is 186 g/mol. The molecule has 0 saturated carbocycles. The molecule has 2 N–H and O–H groups in total. The van der Waals surface area contributed by atoms with Crippen LogP contribution in [0.5, 0.6) is 0 Å². The lowest BCUT2D eigenvalue weighted by molar-refractivity contribution is -0.137. The zero-order valence-electron chi connectivity index (χ0n) is 8.41. The molecule has 5 heteroatoms. The van der Waals surface area contributed by atoms with Gasteiger partial charge in [0, 0.05) is 13.0 Å². The van der Waals surface area contributed by atoms with E-state index in [1.54, 1.807) is 6.92 Å². The Labute approximate surface area is 83.4 Å². The Kier molecular flexibility index (Phi) is 7.59. The van der Waals surface area contributed by atoms with E-state index in [0.717, 1.165) is 12.8 Å². The molecule has 0 bridgehead atoms. The summed E-state index contributed by atoms with van der Waals surface area (Å²) < 4.78 is 4.64. The van der Waals surface area contributed by atoms with Crippen molar-refractivity contribution >= 4 is 12.1 Å². The third-order valence-corrected chi connectivity index (χ3v) is 1.61. The van der Waals surface area contributed by atoms with Crippen LogP contribution in [0.2, 0.25) is 0 Å². The molecule has 5 nitrogen and oxygen atoms in total. The van der Waals surface area contributed by atoms with Gasteiger partial charge in [0.2, 0.25) is 0 Å². The van der Waals surface area contributed by atoms with Crippen LogP contribution in [0.15, 0.2) is 0 Å². The zero-order valence-corrected chi connectivity index (χ0v) is 8.41. The first-order chi connectivity index (χ1) is 6.66. The molecule has 0 aliphatic carbocycles. The number of carbonyl (C=O) groups is 2. The number of carboxylic acids is 1. The highest BCUT2D eigenvalue weighted by Gasteiger charge is 1.99. The Hall–Kier alpha value is -1.26. The number of alkyl carbamates (subject to hydrolysis) is 1. The van der Waals surface area contributed by atoms with Crippen molar-refractivity contribution in [2.75, 3.05) is 13.2 Å². The van der Waals surface area contributed by atoms with Crippen molar-refractivity contribution in [1.29, 1.82) is 0 Å². The zero-order chi connectivity index (χ0) is 10.8. The molecule has 0 rings (SSSR count). The fourth-order valence-corrected chi connectivity index (χ4v) is 0.951. The second-order valence-electron chi connectivity index (χ2n) is 2.85. The van der Waals surface area contributed by atoms with E-state index in [1.165, 1.54) is 0 Å². The molecule has 1 amide bonds. The molecule has 0 fully saturated rings. The molecule has 0 aromatic carbocycles. The van der Waals surface area contributed by atoms with Crippen LogP contribution >= 0.6 is 0 Å². The van der Waals surface area contributed by atoms with Crippen LogP contribution < -0.4 is 5.32 Å². The third kappa shape index (κ3) is 8.83. The van der Waals surface area contributed by atoms with Crippen molar-refractivity contribution in [2.24, 2.45) is 0 Å². The summed E-state index contributed by atoms with van der Waals surface area (Å²) in [5.41, 5.74) is 0. The van der Waals surface area contributed by atoms with Gasteiger partial charge in [-0.25, -0.2) is 4.79 Å². The molecule has 0 aromatic rings. The minimum absolute atomic E-state index is 0.194. The first-order valence-electron chi connectivity index (χ1n) is 4.79. The van der Waals surface area contributed by atoms with Gasteiger partial charge in [0.15, 0.2) is 0 Å². The third-order valence-electron chi connectivity index (χ3n) is 1.61. The van der Waals surface area contributed by atoms with Gasteiger partial charge in [-0.2, -0.15) is 0 Å². The number of hydrogen-bond acceptors (Lipinski definition) is 3. The number of carboxylic acid groups (broad SMARTS) is 1. The number of carbonyl (C=O) groups excluding carboxylic acids is 1. The fraction of sp³-hybridized carbons (Fsp3) is 0.778. The normalized spacial score (nSPS) is 9.50. The van der Waals surface area contributed by atoms with Crippen LogP contribution in [0.1, 0.15) is 32.6 Å². The van der Waals surface area contributed by atoms with Gasteiger partial charge in [-0.3, -0.25) is 4.79 Å². The summed E-state index contributed by atoms with van der Waals surface area (Å²) >= 11 is 0. The van der Waals surface area contributed by atoms with Crippen LogP contribution in [-0.4, -0.2) is 30.3 Å². The van der Waals surface area contributed by atoms with E-state index in [-0.39, 0.29) is 6.42 Å². The van der Waals surface area contributed by atoms with Gasteiger partial charge in [-0.15, -0.1) is 0 Å². The monoisotopic (exact) mass is 203 g/mol. The molecule has 0 radical (unpaired) electrons. The summed E-state index contributed by atoms with van der Waals surface area (Å²) in [6, 6.07) is 0. The highest BCUT2D eigenvalue weighted by Crippen LogP contribution is 1.98. The van der Waals surface area contributed by atoms with E-state index in [0.29, 0.717) is 19.6 Å². The summed E-state index contributed by atoms with van der Waals surface area (Å²) in [4.78, 5) is 20.9. The topological polar surface area (TPSA) is 75.6 Å². The van der Waals surface area contributed by atoms with Crippen LogP contribution in [0.4, 0.5) is 4.79 Å². The lowest BCUT2D eigenvalue weighted by Gasteiger charge is -2.03. The number of ether oxygens (including phenoxy) is 1. The number of nitrogens with one attached hydrogen (secondary N) is 1. The van der Waals surface area contributed by atoms with Crippen molar-refractivity contribution in [3.8, 4) is 0 Å². The summed E-state index contributed by atoms with van der Waals surface area (Å²) in [5.74, 6) is -0.775. The summed E-state index contributed by atoms with van der Waals surface area (Å²) in [6.45, 7) is 2.65. The minimum atomic E-state index is -0.775. The van der Waals surface area contributed by atoms with Crippen LogP contribution in [0, 0.1) is 0 Å². The second-order valence-corrected chi connectivity index (χ2v) is 2.85. The molecule has 14 heavy (non-hydrogen) atoms. The predicted molar refractivity (Wildman–Crippen MR) is 51.1 cm³/mol. The number of unbranched alkanes of at least 4 members (excludes halogenated alkanes) is 2. The van der Waals surface area contributed by atoms with Gasteiger partial charge in [-0.1, -0.05) is 6.42 Å². The molecular formula is C9H17NO4. The summed E-state index contributed by atoms with van der Waals surface area (Å²) in [5, 5.41) is 10.9. The second kappa shape index (κ2) is 8.34. The minimum Gasteiger partial charge on any atom is -0.481 e. The molecule has 0 atom stereocenters. The maximum absolute atomic E-state index is 10.8. The van der Waals surface area contributed by atoms with E-state index in [4.69, 9.17) is 5.11 Å². The lowest BCUT2D eigenvalue weighted by Crippen LogP contribution is -2.25. The van der Waals surface area contributed by atoms with Crippen LogP contribution in [0.25, 0.3) is 0 Å². The van der Waals surface area contributed by atoms with Crippen molar-refractivity contribution in [3.05, 3.63) is 0 Å². The number of hydrogen-bond donors (Lipinski definition) is 2. The van der Waals surface area contributed by atoms with Crippen molar-refractivity contribution in [3.63, 3.8) is 0 Å². The largest absolute Gasteiger partial charge is 0.481 e. The Morgan fingerprint density at radius 2 is 2.00 bits per heavy atom. The number of rotatable bonds is 7. The van der Waals surface area contributed by atoms with E-state index in [2.05, 4.69) is 10.1 Å². The summed E-state index contributed by atoms with van der Waals surface area (Å²) in [6.07, 6.45) is 2.02. The lowest BCUT2D eigenvalue weighted by atomic mass is 10.2. The number of amides is 1. The molecule has 0 heterocycles. The van der Waals surface area contributed by atoms with E-state index < -0.39 is 12.1 Å². The van der Waals surface area contributed by atoms with Crippen LogP contribution in [0.3, 0.4) is 0 Å². The van der Waals surface area contributed by atoms with Crippen molar-refractivity contribution in [2.45, 2.75) is 32.6 Å². The van der Waals surface area contributed by atoms with Gasteiger partial charge in [-0.05, 0) is 19.8 Å². The van der Waals surface area contributed by atoms with Gasteiger partial charge < -0.3 is 15.2 Å². The molecule has 0 aromatic heterocycles. The van der Waals surface area contributed by atoms with E-state index in [1.807, 2.05) is 0 Å².